The van der Waals surface area contributed by atoms with Crippen LogP contribution in [0.25, 0.3) is 33.5 Å². The predicted octanol–water partition coefficient (Wildman–Crippen LogP) is 3.62. The van der Waals surface area contributed by atoms with Crippen molar-refractivity contribution in [3.63, 3.8) is 0 Å². The summed E-state index contributed by atoms with van der Waals surface area (Å²) < 4.78 is 0. The number of nitrogens with zero attached hydrogens (tertiary/aromatic N) is 2. The van der Waals surface area contributed by atoms with Crippen molar-refractivity contribution in [2.24, 2.45) is 0 Å². The van der Waals surface area contributed by atoms with Gasteiger partial charge < -0.3 is 4.98 Å². The monoisotopic (exact) mass is 260 g/mol. The number of aromatic amines is 2. The number of nitrogens with one attached hydrogen (secondary N) is 2. The summed E-state index contributed by atoms with van der Waals surface area (Å²) >= 11 is 0. The molecule has 0 saturated heterocycles. The van der Waals surface area contributed by atoms with Crippen LogP contribution in [0, 0.1) is 0 Å². The number of aromatic nitrogens is 4. The molecule has 0 aliphatic carbocycles. The molecule has 0 aliphatic rings. The number of H-pyrrole nitrogens is 2. The lowest BCUT2D eigenvalue weighted by Gasteiger charge is -2.04. The molecular formula is C16H12N4. The van der Waals surface area contributed by atoms with Gasteiger partial charge in [0.1, 0.15) is 5.82 Å². The van der Waals surface area contributed by atoms with Crippen LogP contribution in [0.15, 0.2) is 60.9 Å². The Kier molecular flexibility index (Phi) is 2.39. The molecule has 0 unspecified atom stereocenters. The van der Waals surface area contributed by atoms with Gasteiger partial charge >= 0.3 is 0 Å². The van der Waals surface area contributed by atoms with Gasteiger partial charge in [0, 0.05) is 17.3 Å². The van der Waals surface area contributed by atoms with Crippen LogP contribution in [0.2, 0.25) is 0 Å². The summed E-state index contributed by atoms with van der Waals surface area (Å²) in [5.74, 6) is 0.878. The van der Waals surface area contributed by atoms with Crippen LogP contribution < -0.4 is 0 Å². The fourth-order valence-corrected chi connectivity index (χ4v) is 2.42. The van der Waals surface area contributed by atoms with Crippen molar-refractivity contribution in [2.45, 2.75) is 0 Å². The van der Waals surface area contributed by atoms with Gasteiger partial charge in [-0.1, -0.05) is 36.4 Å². The summed E-state index contributed by atoms with van der Waals surface area (Å²) in [6, 6.07) is 16.2. The third-order valence-corrected chi connectivity index (χ3v) is 3.38. The van der Waals surface area contributed by atoms with Crippen molar-refractivity contribution in [1.29, 1.82) is 0 Å². The molecule has 4 heteroatoms. The normalized spacial score (nSPS) is 11.0. The molecule has 96 valence electrons. The molecule has 0 bridgehead atoms. The van der Waals surface area contributed by atoms with Crippen molar-refractivity contribution in [3.05, 3.63) is 60.9 Å². The molecule has 2 N–H and O–H groups in total. The average Bonchev–Trinajstić information content (AvgIpc) is 3.16. The Bertz CT molecular complexity index is 826. The number of hydrogen-bond acceptors (Lipinski definition) is 2. The van der Waals surface area contributed by atoms with Gasteiger partial charge in [-0.2, -0.15) is 5.10 Å². The van der Waals surface area contributed by atoms with Crippen molar-refractivity contribution in [3.8, 4) is 22.5 Å². The number of rotatable bonds is 2. The number of hydrogen-bond donors (Lipinski definition) is 2. The Morgan fingerprint density at radius 2 is 1.65 bits per heavy atom. The van der Waals surface area contributed by atoms with Gasteiger partial charge in [-0.25, -0.2) is 4.98 Å². The molecule has 4 rings (SSSR count). The molecule has 0 atom stereocenters. The Labute approximate surface area is 115 Å². The van der Waals surface area contributed by atoms with Gasteiger partial charge in [-0.15, -0.1) is 0 Å². The second-order valence-electron chi connectivity index (χ2n) is 4.64. The minimum absolute atomic E-state index is 0.878. The molecule has 4 nitrogen and oxygen atoms in total. The van der Waals surface area contributed by atoms with E-state index in [2.05, 4.69) is 32.3 Å². The largest absolute Gasteiger partial charge is 0.338 e. The second-order valence-corrected chi connectivity index (χ2v) is 4.64. The third kappa shape index (κ3) is 1.70. The molecule has 0 fully saturated rings. The first-order valence-electron chi connectivity index (χ1n) is 6.45. The van der Waals surface area contributed by atoms with E-state index in [9.17, 15) is 0 Å². The Morgan fingerprint density at radius 1 is 0.850 bits per heavy atom. The topological polar surface area (TPSA) is 57.4 Å². The highest BCUT2D eigenvalue weighted by molar-refractivity contribution is 5.85. The van der Waals surface area contributed by atoms with Crippen LogP contribution in [-0.4, -0.2) is 20.2 Å². The summed E-state index contributed by atoms with van der Waals surface area (Å²) in [6.07, 6.45) is 3.71. The van der Waals surface area contributed by atoms with Gasteiger partial charge in [0.05, 0.1) is 17.2 Å². The second kappa shape index (κ2) is 4.35. The highest BCUT2D eigenvalue weighted by atomic mass is 15.1. The lowest BCUT2D eigenvalue weighted by molar-refractivity contribution is 1.09. The SMILES string of the molecule is c1ccc(-c2nc3ccccc3[nH]2)c(-c2cn[nH]c2)c1. The summed E-state index contributed by atoms with van der Waals surface area (Å²) in [7, 11) is 0. The zero-order valence-corrected chi connectivity index (χ0v) is 10.7. The van der Waals surface area contributed by atoms with E-state index < -0.39 is 0 Å². The van der Waals surface area contributed by atoms with Crippen LogP contribution in [-0.2, 0) is 0 Å². The van der Waals surface area contributed by atoms with E-state index in [0.717, 1.165) is 33.5 Å². The van der Waals surface area contributed by atoms with Crippen molar-refractivity contribution in [1.82, 2.24) is 20.2 Å². The van der Waals surface area contributed by atoms with Crippen LogP contribution in [0.1, 0.15) is 0 Å². The molecule has 4 aromatic rings. The Balaban J connectivity index is 1.94. The van der Waals surface area contributed by atoms with Crippen LogP contribution in [0.3, 0.4) is 0 Å². The highest BCUT2D eigenvalue weighted by Gasteiger charge is 2.11. The minimum Gasteiger partial charge on any atom is -0.338 e. The maximum absolute atomic E-state index is 4.67. The fourth-order valence-electron chi connectivity index (χ4n) is 2.42. The molecule has 2 aromatic carbocycles. The molecule has 2 aromatic heterocycles. The quantitative estimate of drug-likeness (QED) is 0.578. The van der Waals surface area contributed by atoms with Gasteiger partial charge in [-0.05, 0) is 17.7 Å². The molecule has 0 aliphatic heterocycles. The summed E-state index contributed by atoms with van der Waals surface area (Å²) in [5.41, 5.74) is 5.26. The first-order chi connectivity index (χ1) is 9.92. The number of para-hydroxylation sites is 2. The van der Waals surface area contributed by atoms with Crippen LogP contribution in [0.4, 0.5) is 0 Å². The molecule has 0 radical (unpaired) electrons. The maximum Gasteiger partial charge on any atom is 0.139 e. The third-order valence-electron chi connectivity index (χ3n) is 3.38. The molecular weight excluding hydrogens is 248 g/mol. The number of imidazole rings is 1. The number of benzene rings is 2. The predicted molar refractivity (Wildman–Crippen MR) is 79.1 cm³/mol. The molecule has 0 saturated carbocycles. The van der Waals surface area contributed by atoms with Crippen molar-refractivity contribution >= 4 is 11.0 Å². The van der Waals surface area contributed by atoms with Crippen molar-refractivity contribution < 1.29 is 0 Å². The van der Waals surface area contributed by atoms with Gasteiger partial charge in [0.15, 0.2) is 0 Å². The van der Waals surface area contributed by atoms with Gasteiger partial charge in [0.2, 0.25) is 0 Å². The van der Waals surface area contributed by atoms with E-state index in [0.29, 0.717) is 0 Å². The zero-order valence-electron chi connectivity index (χ0n) is 10.7. The summed E-state index contributed by atoms with van der Waals surface area (Å²) in [4.78, 5) is 8.04. The molecule has 2 heterocycles. The van der Waals surface area contributed by atoms with Crippen LogP contribution in [0.5, 0.6) is 0 Å². The summed E-state index contributed by atoms with van der Waals surface area (Å²) in [6.45, 7) is 0. The van der Waals surface area contributed by atoms with Gasteiger partial charge in [0.25, 0.3) is 0 Å². The van der Waals surface area contributed by atoms with E-state index in [-0.39, 0.29) is 0 Å². The zero-order chi connectivity index (χ0) is 13.4. The Morgan fingerprint density at radius 3 is 2.45 bits per heavy atom. The standard InChI is InChI=1S/C16H12N4/c1-2-6-13(12(5-1)11-9-17-18-10-11)16-19-14-7-3-4-8-15(14)20-16/h1-10H,(H,17,18)(H,19,20). The number of fused-ring (bicyclic) bond motifs is 1. The van der Waals surface area contributed by atoms with E-state index >= 15 is 0 Å². The van der Waals surface area contributed by atoms with Gasteiger partial charge in [-0.3, -0.25) is 5.10 Å². The average molecular weight is 260 g/mol. The van der Waals surface area contributed by atoms with E-state index in [1.54, 1.807) is 0 Å². The molecule has 0 spiro atoms. The van der Waals surface area contributed by atoms with Crippen molar-refractivity contribution in [2.75, 3.05) is 0 Å². The van der Waals surface area contributed by atoms with E-state index in [1.165, 1.54) is 0 Å². The fraction of sp³-hybridized carbons (Fsp3) is 0. The lowest BCUT2D eigenvalue weighted by atomic mass is 10.0. The minimum atomic E-state index is 0.878. The van der Waals surface area contributed by atoms with E-state index in [4.69, 9.17) is 0 Å². The van der Waals surface area contributed by atoms with E-state index in [1.807, 2.05) is 48.8 Å². The lowest BCUT2D eigenvalue weighted by Crippen LogP contribution is -1.85. The smallest absolute Gasteiger partial charge is 0.139 e. The maximum atomic E-state index is 4.67. The molecule has 20 heavy (non-hydrogen) atoms. The first-order valence-corrected chi connectivity index (χ1v) is 6.45. The highest BCUT2D eigenvalue weighted by Crippen LogP contribution is 2.30. The first kappa shape index (κ1) is 11.0. The Hall–Kier alpha value is -2.88. The van der Waals surface area contributed by atoms with Crippen LogP contribution >= 0.6 is 0 Å². The summed E-state index contributed by atoms with van der Waals surface area (Å²) in [5, 5.41) is 6.87. The molecule has 0 amide bonds.